The van der Waals surface area contributed by atoms with Crippen LogP contribution in [0.15, 0.2) is 23.4 Å². The van der Waals surface area contributed by atoms with E-state index in [1.165, 1.54) is 43.5 Å². The van der Waals surface area contributed by atoms with Gasteiger partial charge in [0.25, 0.3) is 5.91 Å². The van der Waals surface area contributed by atoms with E-state index in [1.807, 2.05) is 0 Å². The number of benzene rings is 1. The van der Waals surface area contributed by atoms with E-state index >= 15 is 0 Å². The fourth-order valence-corrected chi connectivity index (χ4v) is 2.81. The number of nitrogens with zero attached hydrogens (tertiary/aromatic N) is 1. The van der Waals surface area contributed by atoms with E-state index in [0.29, 0.717) is 37.3 Å². The second-order valence-electron chi connectivity index (χ2n) is 7.11. The lowest BCUT2D eigenvalue weighted by molar-refractivity contribution is 0.0393. The first-order valence-corrected chi connectivity index (χ1v) is 9.38. The number of aliphatic hydroxyl groups excluding tert-OH is 1. The van der Waals surface area contributed by atoms with Gasteiger partial charge in [-0.25, -0.2) is 0 Å². The van der Waals surface area contributed by atoms with Gasteiger partial charge in [0, 0.05) is 24.9 Å². The summed E-state index contributed by atoms with van der Waals surface area (Å²) in [6, 6.07) is 4.32. The molecule has 8 heteroatoms. The molecule has 2 fully saturated rings. The van der Waals surface area contributed by atoms with Crippen molar-refractivity contribution >= 4 is 11.6 Å². The van der Waals surface area contributed by atoms with Crippen LogP contribution >= 0.6 is 0 Å². The number of carbonyl (C=O) groups excluding carboxylic acids is 1. The van der Waals surface area contributed by atoms with E-state index < -0.39 is 12.0 Å². The van der Waals surface area contributed by atoms with Crippen molar-refractivity contribution in [3.63, 3.8) is 0 Å². The van der Waals surface area contributed by atoms with Gasteiger partial charge in [0.15, 0.2) is 0 Å². The maximum atomic E-state index is 11.2. The van der Waals surface area contributed by atoms with Crippen LogP contribution in [0.25, 0.3) is 0 Å². The normalized spacial score (nSPS) is 17.2. The molecular formula is C19H27N3O5. The van der Waals surface area contributed by atoms with E-state index in [2.05, 4.69) is 10.5 Å². The molecule has 27 heavy (non-hydrogen) atoms. The predicted octanol–water partition coefficient (Wildman–Crippen LogP) is 1.01. The lowest BCUT2D eigenvalue weighted by Gasteiger charge is -2.12. The number of carbonyl (C=O) groups is 1. The molecule has 0 bridgehead atoms. The highest BCUT2D eigenvalue weighted by atomic mass is 16.6. The van der Waals surface area contributed by atoms with Crippen LogP contribution in [0.5, 0.6) is 11.5 Å². The molecule has 148 valence electrons. The molecule has 1 aromatic carbocycles. The van der Waals surface area contributed by atoms with Crippen LogP contribution in [0.4, 0.5) is 0 Å². The van der Waals surface area contributed by atoms with Gasteiger partial charge in [-0.05, 0) is 43.9 Å². The summed E-state index contributed by atoms with van der Waals surface area (Å²) in [7, 11) is 0. The molecular weight excluding hydrogens is 350 g/mol. The number of nitrogens with two attached hydrogens (primary N) is 1. The number of aromatic hydroxyl groups is 1. The molecule has 3 rings (SSSR count). The number of aliphatic hydroxyl groups is 1. The number of hydrogen-bond acceptors (Lipinski definition) is 7. The maximum absolute atomic E-state index is 11.2. The molecule has 1 aromatic rings. The average Bonchev–Trinajstić information content (AvgIpc) is 3.53. The number of primary amides is 1. The van der Waals surface area contributed by atoms with E-state index in [9.17, 15) is 15.0 Å². The molecule has 1 amide bonds. The molecule has 5 N–H and O–H groups in total. The summed E-state index contributed by atoms with van der Waals surface area (Å²) in [4.78, 5) is 16.5. The van der Waals surface area contributed by atoms with Crippen molar-refractivity contribution in [1.82, 2.24) is 5.32 Å². The molecule has 0 aromatic heterocycles. The molecule has 2 aliphatic rings. The number of hydrogen-bond donors (Lipinski definition) is 4. The largest absolute Gasteiger partial charge is 0.507 e. The van der Waals surface area contributed by atoms with Gasteiger partial charge in [0.05, 0.1) is 11.3 Å². The van der Waals surface area contributed by atoms with Crippen LogP contribution in [0, 0.1) is 11.8 Å². The van der Waals surface area contributed by atoms with Crippen molar-refractivity contribution < 1.29 is 24.6 Å². The Balaban J connectivity index is 1.29. The average molecular weight is 377 g/mol. The van der Waals surface area contributed by atoms with Gasteiger partial charge >= 0.3 is 0 Å². The highest BCUT2D eigenvalue weighted by Gasteiger charge is 2.38. The van der Waals surface area contributed by atoms with E-state index in [4.69, 9.17) is 15.3 Å². The Morgan fingerprint density at radius 3 is 2.63 bits per heavy atom. The summed E-state index contributed by atoms with van der Waals surface area (Å²) in [6.07, 6.45) is 4.20. The summed E-state index contributed by atoms with van der Waals surface area (Å²) >= 11 is 0. The predicted molar refractivity (Wildman–Crippen MR) is 99.8 cm³/mol. The molecule has 0 spiro atoms. The summed E-state index contributed by atoms with van der Waals surface area (Å²) in [5, 5.41) is 26.8. The molecule has 1 unspecified atom stereocenters. The molecule has 8 nitrogen and oxygen atoms in total. The molecule has 2 saturated carbocycles. The zero-order valence-electron chi connectivity index (χ0n) is 15.3. The van der Waals surface area contributed by atoms with Crippen molar-refractivity contribution in [2.75, 3.05) is 26.3 Å². The Bertz CT molecular complexity index is 672. The van der Waals surface area contributed by atoms with Crippen molar-refractivity contribution in [3.05, 3.63) is 23.8 Å². The highest BCUT2D eigenvalue weighted by Crippen LogP contribution is 2.42. The van der Waals surface area contributed by atoms with Crippen LogP contribution in [0.3, 0.4) is 0 Å². The number of rotatable bonds is 12. The minimum atomic E-state index is -0.714. The SMILES string of the molecule is NC(=O)c1cc(OCCNCC(O)CON=C(C2CC2)C2CC2)ccc1O. The zero-order valence-corrected chi connectivity index (χ0v) is 15.3. The van der Waals surface area contributed by atoms with Crippen molar-refractivity contribution in [2.24, 2.45) is 22.7 Å². The first kappa shape index (κ1) is 19.4. The van der Waals surface area contributed by atoms with E-state index in [1.54, 1.807) is 6.07 Å². The van der Waals surface area contributed by atoms with Crippen molar-refractivity contribution in [3.8, 4) is 11.5 Å². The molecule has 0 heterocycles. The maximum Gasteiger partial charge on any atom is 0.252 e. The Morgan fingerprint density at radius 1 is 1.30 bits per heavy atom. The third-order valence-corrected chi connectivity index (χ3v) is 4.59. The van der Waals surface area contributed by atoms with Gasteiger partial charge in [-0.1, -0.05) is 5.16 Å². The molecule has 0 saturated heterocycles. The minimum Gasteiger partial charge on any atom is -0.507 e. The number of oxime groups is 1. The highest BCUT2D eigenvalue weighted by molar-refractivity contribution is 5.95. The number of ether oxygens (including phenoxy) is 1. The first-order valence-electron chi connectivity index (χ1n) is 9.38. The monoisotopic (exact) mass is 377 g/mol. The van der Waals surface area contributed by atoms with Crippen molar-refractivity contribution in [1.29, 1.82) is 0 Å². The van der Waals surface area contributed by atoms with Crippen LogP contribution in [-0.2, 0) is 4.84 Å². The standard InChI is InChI=1S/C19H27N3O5/c20-19(25)16-9-15(5-6-17(16)24)26-8-7-21-10-14(23)11-27-22-18(12-1-2-12)13-3-4-13/h5-6,9,12-14,21,23-24H,1-4,7-8,10-11H2,(H2,20,25). The third-order valence-electron chi connectivity index (χ3n) is 4.59. The lowest BCUT2D eigenvalue weighted by Crippen LogP contribution is -2.32. The number of phenols is 1. The Hall–Kier alpha value is -2.32. The second-order valence-corrected chi connectivity index (χ2v) is 7.11. The first-order chi connectivity index (χ1) is 13.0. The van der Waals surface area contributed by atoms with Gasteiger partial charge in [-0.2, -0.15) is 0 Å². The summed E-state index contributed by atoms with van der Waals surface area (Å²) in [6.45, 7) is 1.37. The molecule has 0 radical (unpaired) electrons. The number of amides is 1. The summed E-state index contributed by atoms with van der Waals surface area (Å²) in [5.74, 6) is 0.771. The molecule has 0 aliphatic heterocycles. The van der Waals surface area contributed by atoms with Gasteiger partial charge in [0.2, 0.25) is 0 Å². The molecule has 1 atom stereocenters. The fraction of sp³-hybridized carbons (Fsp3) is 0.579. The lowest BCUT2D eigenvalue weighted by atomic mass is 10.2. The number of nitrogens with one attached hydrogen (secondary N) is 1. The van der Waals surface area contributed by atoms with Gasteiger partial charge in [-0.15, -0.1) is 0 Å². The minimum absolute atomic E-state index is 0.0188. The van der Waals surface area contributed by atoms with Crippen LogP contribution in [0.1, 0.15) is 36.0 Å². The van der Waals surface area contributed by atoms with E-state index in [-0.39, 0.29) is 17.9 Å². The Labute approximate surface area is 158 Å². The van der Waals surface area contributed by atoms with Crippen LogP contribution < -0.4 is 15.8 Å². The quantitative estimate of drug-likeness (QED) is 0.245. The zero-order chi connectivity index (χ0) is 19.2. The van der Waals surface area contributed by atoms with Crippen LogP contribution in [0.2, 0.25) is 0 Å². The third kappa shape index (κ3) is 6.11. The Kier molecular flexibility index (Phi) is 6.52. The fourth-order valence-electron chi connectivity index (χ4n) is 2.81. The Morgan fingerprint density at radius 2 is 2.00 bits per heavy atom. The van der Waals surface area contributed by atoms with Gasteiger partial charge in [-0.3, -0.25) is 4.79 Å². The van der Waals surface area contributed by atoms with Gasteiger partial charge < -0.3 is 30.8 Å². The summed E-state index contributed by atoms with van der Waals surface area (Å²) in [5.41, 5.74) is 6.38. The molecule has 2 aliphatic carbocycles. The van der Waals surface area contributed by atoms with E-state index in [0.717, 1.165) is 0 Å². The second kappa shape index (κ2) is 9.05. The van der Waals surface area contributed by atoms with Crippen molar-refractivity contribution in [2.45, 2.75) is 31.8 Å². The van der Waals surface area contributed by atoms with Gasteiger partial charge in [0.1, 0.15) is 30.8 Å². The summed E-state index contributed by atoms with van der Waals surface area (Å²) < 4.78 is 5.50. The smallest absolute Gasteiger partial charge is 0.252 e. The topological polar surface area (TPSA) is 126 Å². The van der Waals surface area contributed by atoms with Crippen LogP contribution in [-0.4, -0.2) is 54.2 Å².